The second kappa shape index (κ2) is 6.47. The van der Waals surface area contributed by atoms with Crippen LogP contribution in [-0.4, -0.2) is 34.2 Å². The number of hydrogen-bond donors (Lipinski definition) is 2. The Bertz CT molecular complexity index is 493. The molecule has 1 atom stereocenters. The minimum atomic E-state index is -3.59. The molecule has 3 N–H and O–H groups in total. The van der Waals surface area contributed by atoms with E-state index in [9.17, 15) is 8.42 Å². The zero-order chi connectivity index (χ0) is 13.7. The van der Waals surface area contributed by atoms with Gasteiger partial charge in [0.15, 0.2) is 0 Å². The number of nitrogens with one attached hydrogen (secondary N) is 1. The molecule has 106 valence electrons. The number of sulfonamides is 1. The first kappa shape index (κ1) is 14.5. The minimum absolute atomic E-state index is 0.156. The van der Waals surface area contributed by atoms with E-state index in [1.165, 1.54) is 0 Å². The third-order valence-corrected chi connectivity index (χ3v) is 4.17. The molecule has 0 amide bonds. The Balaban J connectivity index is 1.74. The molecule has 1 aromatic carbocycles. The van der Waals surface area contributed by atoms with Gasteiger partial charge in [-0.15, -0.1) is 0 Å². The van der Waals surface area contributed by atoms with Gasteiger partial charge in [-0.2, -0.15) is 0 Å². The number of nitrogens with two attached hydrogens (primary N) is 1. The van der Waals surface area contributed by atoms with Gasteiger partial charge < -0.3 is 10.1 Å². The molecule has 1 aliphatic heterocycles. The molecule has 1 unspecified atom stereocenters. The molecule has 1 aliphatic rings. The highest BCUT2D eigenvalue weighted by molar-refractivity contribution is 7.89. The van der Waals surface area contributed by atoms with Crippen LogP contribution in [0, 0.1) is 0 Å². The van der Waals surface area contributed by atoms with Crippen LogP contribution in [0.1, 0.15) is 18.4 Å². The van der Waals surface area contributed by atoms with Crippen molar-refractivity contribution >= 4 is 10.0 Å². The van der Waals surface area contributed by atoms with Crippen LogP contribution < -0.4 is 10.5 Å². The summed E-state index contributed by atoms with van der Waals surface area (Å²) in [5.41, 5.74) is 1.09. The fourth-order valence-electron chi connectivity index (χ4n) is 2.15. The molecule has 6 heteroatoms. The molecule has 0 saturated carbocycles. The Morgan fingerprint density at radius 3 is 2.63 bits per heavy atom. The molecule has 1 saturated heterocycles. The van der Waals surface area contributed by atoms with E-state index < -0.39 is 10.0 Å². The van der Waals surface area contributed by atoms with Crippen molar-refractivity contribution in [3.8, 4) is 0 Å². The van der Waals surface area contributed by atoms with Gasteiger partial charge in [-0.1, -0.05) is 12.1 Å². The van der Waals surface area contributed by atoms with Crippen LogP contribution in [0.3, 0.4) is 0 Å². The van der Waals surface area contributed by atoms with Crippen molar-refractivity contribution in [1.82, 2.24) is 5.32 Å². The number of ether oxygens (including phenoxy) is 1. The summed E-state index contributed by atoms with van der Waals surface area (Å²) in [7, 11) is -3.59. The van der Waals surface area contributed by atoms with Gasteiger partial charge in [-0.05, 0) is 43.5 Å². The fourth-order valence-corrected chi connectivity index (χ4v) is 2.66. The van der Waals surface area contributed by atoms with Crippen molar-refractivity contribution in [3.63, 3.8) is 0 Å². The standard InChI is InChI=1S/C13H20N2O3S/c14-19(16,17)13-5-3-11(4-6-13)7-8-15-10-12-2-1-9-18-12/h3-6,12,15H,1-2,7-10H2,(H2,14,16,17). The first-order chi connectivity index (χ1) is 9.05. The molecule has 0 aliphatic carbocycles. The molecule has 2 rings (SSSR count). The van der Waals surface area contributed by atoms with Crippen molar-refractivity contribution in [2.75, 3.05) is 19.7 Å². The molecule has 0 aromatic heterocycles. The van der Waals surface area contributed by atoms with Crippen molar-refractivity contribution in [2.24, 2.45) is 5.14 Å². The van der Waals surface area contributed by atoms with Crippen molar-refractivity contribution in [3.05, 3.63) is 29.8 Å². The van der Waals surface area contributed by atoms with Crippen LogP contribution >= 0.6 is 0 Å². The predicted molar refractivity (Wildman–Crippen MR) is 73.4 cm³/mol. The molecular formula is C13H20N2O3S. The van der Waals surface area contributed by atoms with Gasteiger partial charge in [-0.25, -0.2) is 13.6 Å². The van der Waals surface area contributed by atoms with E-state index in [1.54, 1.807) is 24.3 Å². The third-order valence-electron chi connectivity index (χ3n) is 3.24. The van der Waals surface area contributed by atoms with Crippen molar-refractivity contribution < 1.29 is 13.2 Å². The second-order valence-electron chi connectivity index (χ2n) is 4.78. The summed E-state index contributed by atoms with van der Waals surface area (Å²) in [6.07, 6.45) is 3.50. The van der Waals surface area contributed by atoms with Gasteiger partial charge in [0.05, 0.1) is 11.0 Å². The Morgan fingerprint density at radius 1 is 1.32 bits per heavy atom. The van der Waals surface area contributed by atoms with Crippen LogP contribution in [0.5, 0.6) is 0 Å². The average molecular weight is 284 g/mol. The zero-order valence-electron chi connectivity index (χ0n) is 10.8. The average Bonchev–Trinajstić information content (AvgIpc) is 2.87. The minimum Gasteiger partial charge on any atom is -0.377 e. The van der Waals surface area contributed by atoms with Crippen LogP contribution in [0.2, 0.25) is 0 Å². The van der Waals surface area contributed by atoms with E-state index in [2.05, 4.69) is 5.32 Å². The summed E-state index contributed by atoms with van der Waals surface area (Å²) in [6, 6.07) is 6.69. The lowest BCUT2D eigenvalue weighted by atomic mass is 10.1. The van der Waals surface area contributed by atoms with E-state index in [-0.39, 0.29) is 4.90 Å². The Kier molecular flexibility index (Phi) is 4.93. The van der Waals surface area contributed by atoms with Gasteiger partial charge >= 0.3 is 0 Å². The lowest BCUT2D eigenvalue weighted by Crippen LogP contribution is -2.27. The first-order valence-corrected chi connectivity index (χ1v) is 8.04. The normalized spacial score (nSPS) is 19.7. The molecule has 1 heterocycles. The molecule has 5 nitrogen and oxygen atoms in total. The van der Waals surface area contributed by atoms with Crippen LogP contribution in [0.15, 0.2) is 29.2 Å². The summed E-state index contributed by atoms with van der Waals surface area (Å²) in [4.78, 5) is 0.156. The Labute approximate surface area is 114 Å². The van der Waals surface area contributed by atoms with Gasteiger partial charge in [0.25, 0.3) is 0 Å². The second-order valence-corrected chi connectivity index (χ2v) is 6.34. The first-order valence-electron chi connectivity index (χ1n) is 6.50. The fraction of sp³-hybridized carbons (Fsp3) is 0.538. The molecule has 0 bridgehead atoms. The Hall–Kier alpha value is -0.950. The van der Waals surface area contributed by atoms with Gasteiger partial charge in [0, 0.05) is 13.2 Å². The van der Waals surface area contributed by atoms with Crippen LogP contribution in [-0.2, 0) is 21.2 Å². The largest absolute Gasteiger partial charge is 0.377 e. The lowest BCUT2D eigenvalue weighted by Gasteiger charge is -2.10. The molecule has 19 heavy (non-hydrogen) atoms. The zero-order valence-corrected chi connectivity index (χ0v) is 11.7. The Morgan fingerprint density at radius 2 is 2.05 bits per heavy atom. The summed E-state index contributed by atoms with van der Waals surface area (Å²) in [5.74, 6) is 0. The van der Waals surface area contributed by atoms with Crippen LogP contribution in [0.4, 0.5) is 0 Å². The van der Waals surface area contributed by atoms with E-state index in [4.69, 9.17) is 9.88 Å². The van der Waals surface area contributed by atoms with Crippen molar-refractivity contribution in [2.45, 2.75) is 30.3 Å². The number of primary sulfonamides is 1. The molecule has 0 radical (unpaired) electrons. The van der Waals surface area contributed by atoms with Gasteiger partial charge in [0.1, 0.15) is 0 Å². The van der Waals surface area contributed by atoms with Crippen molar-refractivity contribution in [1.29, 1.82) is 0 Å². The quantitative estimate of drug-likeness (QED) is 0.751. The topological polar surface area (TPSA) is 81.4 Å². The maximum Gasteiger partial charge on any atom is 0.238 e. The van der Waals surface area contributed by atoms with E-state index in [1.807, 2.05) is 0 Å². The maximum atomic E-state index is 11.1. The smallest absolute Gasteiger partial charge is 0.238 e. The summed E-state index contributed by atoms with van der Waals surface area (Å²) in [6.45, 7) is 2.62. The highest BCUT2D eigenvalue weighted by Crippen LogP contribution is 2.11. The summed E-state index contributed by atoms with van der Waals surface area (Å²) < 4.78 is 27.7. The third kappa shape index (κ3) is 4.58. The SMILES string of the molecule is NS(=O)(=O)c1ccc(CCNCC2CCCO2)cc1. The number of hydrogen-bond acceptors (Lipinski definition) is 4. The van der Waals surface area contributed by atoms with Gasteiger partial charge in [0.2, 0.25) is 10.0 Å². The highest BCUT2D eigenvalue weighted by atomic mass is 32.2. The molecular weight excluding hydrogens is 264 g/mol. The molecule has 0 spiro atoms. The highest BCUT2D eigenvalue weighted by Gasteiger charge is 2.14. The number of benzene rings is 1. The number of rotatable bonds is 6. The van der Waals surface area contributed by atoms with Crippen LogP contribution in [0.25, 0.3) is 0 Å². The monoisotopic (exact) mass is 284 g/mol. The summed E-state index contributed by atoms with van der Waals surface area (Å²) >= 11 is 0. The van der Waals surface area contributed by atoms with E-state index in [0.29, 0.717) is 6.10 Å². The predicted octanol–water partition coefficient (Wildman–Crippen LogP) is 0.645. The summed E-state index contributed by atoms with van der Waals surface area (Å²) in [5, 5.41) is 8.40. The lowest BCUT2D eigenvalue weighted by molar-refractivity contribution is 0.110. The maximum absolute atomic E-state index is 11.1. The molecule has 1 fully saturated rings. The van der Waals surface area contributed by atoms with E-state index >= 15 is 0 Å². The molecule has 1 aromatic rings. The van der Waals surface area contributed by atoms with E-state index in [0.717, 1.165) is 44.5 Å². The van der Waals surface area contributed by atoms with Gasteiger partial charge in [-0.3, -0.25) is 0 Å².